The molecule has 6 nitrogen and oxygen atoms in total. The predicted molar refractivity (Wildman–Crippen MR) is 69.6 cm³/mol. The van der Waals surface area contributed by atoms with Crippen LogP contribution in [0.4, 0.5) is 11.5 Å². The van der Waals surface area contributed by atoms with Gasteiger partial charge in [0.25, 0.3) is 5.91 Å². The molecule has 0 aromatic carbocycles. The van der Waals surface area contributed by atoms with Gasteiger partial charge in [0.05, 0.1) is 11.9 Å². The Kier molecular flexibility index (Phi) is 3.57. The molecule has 2 rings (SSSR count). The molecule has 0 saturated heterocycles. The number of aromatic nitrogens is 3. The van der Waals surface area contributed by atoms with E-state index in [1.165, 1.54) is 0 Å². The summed E-state index contributed by atoms with van der Waals surface area (Å²) in [5.41, 5.74) is 1.02. The maximum Gasteiger partial charge on any atom is 0.274 e. The first-order valence-corrected chi connectivity index (χ1v) is 5.70. The van der Waals surface area contributed by atoms with Crippen LogP contribution in [0.3, 0.4) is 0 Å². The van der Waals surface area contributed by atoms with Crippen molar-refractivity contribution >= 4 is 17.4 Å². The lowest BCUT2D eigenvalue weighted by molar-refractivity contribution is 0.102. The maximum atomic E-state index is 11.9. The second kappa shape index (κ2) is 5.31. The fourth-order valence-electron chi connectivity index (χ4n) is 1.52. The molecule has 2 aromatic heterocycles. The molecule has 0 aliphatic carbocycles. The van der Waals surface area contributed by atoms with Gasteiger partial charge in [0.2, 0.25) is 0 Å². The van der Waals surface area contributed by atoms with Gasteiger partial charge in [0, 0.05) is 19.8 Å². The molecule has 0 spiro atoms. The van der Waals surface area contributed by atoms with Gasteiger partial charge < -0.3 is 10.6 Å². The standard InChI is InChI=1S/C12H15N5O/c1-3-13-11-6-4-5-10(16-11)12(18)15-9-7-14-17(2)8-9/h4-8H,3H2,1-2H3,(H,13,16)(H,15,18). The van der Waals surface area contributed by atoms with Gasteiger partial charge >= 0.3 is 0 Å². The molecule has 0 fully saturated rings. The predicted octanol–water partition coefficient (Wildman–Crippen LogP) is 1.50. The van der Waals surface area contributed by atoms with Crippen molar-refractivity contribution in [3.8, 4) is 0 Å². The maximum absolute atomic E-state index is 11.9. The van der Waals surface area contributed by atoms with Gasteiger partial charge in [-0.05, 0) is 19.1 Å². The quantitative estimate of drug-likeness (QED) is 0.856. The third kappa shape index (κ3) is 2.85. The van der Waals surface area contributed by atoms with Crippen LogP contribution >= 0.6 is 0 Å². The van der Waals surface area contributed by atoms with Crippen LogP contribution in [0.15, 0.2) is 30.6 Å². The van der Waals surface area contributed by atoms with Crippen LogP contribution in [-0.2, 0) is 7.05 Å². The summed E-state index contributed by atoms with van der Waals surface area (Å²) in [6.45, 7) is 2.74. The number of nitrogens with zero attached hydrogens (tertiary/aromatic N) is 3. The average Bonchev–Trinajstić information content (AvgIpc) is 2.75. The largest absolute Gasteiger partial charge is 0.370 e. The second-order valence-electron chi connectivity index (χ2n) is 3.80. The fraction of sp³-hybridized carbons (Fsp3) is 0.250. The highest BCUT2D eigenvalue weighted by atomic mass is 16.1. The number of carbonyl (C=O) groups excluding carboxylic acids is 1. The van der Waals surface area contributed by atoms with Crippen LogP contribution in [0.25, 0.3) is 0 Å². The third-order valence-electron chi connectivity index (χ3n) is 2.30. The molecule has 2 aromatic rings. The van der Waals surface area contributed by atoms with Crippen LogP contribution in [0.1, 0.15) is 17.4 Å². The summed E-state index contributed by atoms with van der Waals surface area (Å²) in [6.07, 6.45) is 3.32. The lowest BCUT2D eigenvalue weighted by Crippen LogP contribution is -2.14. The normalized spacial score (nSPS) is 10.1. The summed E-state index contributed by atoms with van der Waals surface area (Å²) in [7, 11) is 1.79. The molecule has 6 heteroatoms. The van der Waals surface area contributed by atoms with E-state index in [2.05, 4.69) is 20.7 Å². The van der Waals surface area contributed by atoms with Gasteiger partial charge in [0.1, 0.15) is 11.5 Å². The van der Waals surface area contributed by atoms with E-state index >= 15 is 0 Å². The molecule has 2 N–H and O–H groups in total. The molecule has 2 heterocycles. The van der Waals surface area contributed by atoms with Gasteiger partial charge in [-0.25, -0.2) is 4.98 Å². The van der Waals surface area contributed by atoms with E-state index in [0.717, 1.165) is 6.54 Å². The lowest BCUT2D eigenvalue weighted by atomic mass is 10.3. The van der Waals surface area contributed by atoms with Crippen molar-refractivity contribution < 1.29 is 4.79 Å². The highest BCUT2D eigenvalue weighted by Crippen LogP contribution is 2.08. The van der Waals surface area contributed by atoms with Crippen LogP contribution in [-0.4, -0.2) is 27.2 Å². The minimum atomic E-state index is -0.247. The van der Waals surface area contributed by atoms with Crippen LogP contribution in [0.2, 0.25) is 0 Å². The van der Waals surface area contributed by atoms with E-state index in [-0.39, 0.29) is 5.91 Å². The zero-order valence-electron chi connectivity index (χ0n) is 10.3. The Labute approximate surface area is 105 Å². The molecule has 0 saturated carbocycles. The molecule has 94 valence electrons. The molecule has 0 radical (unpaired) electrons. The Balaban J connectivity index is 2.11. The zero-order chi connectivity index (χ0) is 13.0. The van der Waals surface area contributed by atoms with Crippen molar-refractivity contribution in [1.82, 2.24) is 14.8 Å². The summed E-state index contributed by atoms with van der Waals surface area (Å²) in [6, 6.07) is 5.29. The molecular formula is C12H15N5O. The van der Waals surface area contributed by atoms with Crippen molar-refractivity contribution in [2.75, 3.05) is 17.2 Å². The molecule has 0 unspecified atom stereocenters. The third-order valence-corrected chi connectivity index (χ3v) is 2.30. The minimum Gasteiger partial charge on any atom is -0.370 e. The summed E-state index contributed by atoms with van der Waals surface area (Å²) in [5, 5.41) is 9.78. The van der Waals surface area contributed by atoms with Crippen LogP contribution in [0, 0.1) is 0 Å². The summed E-state index contributed by atoms with van der Waals surface area (Å²) < 4.78 is 1.62. The van der Waals surface area contributed by atoms with Crippen molar-refractivity contribution in [3.05, 3.63) is 36.3 Å². The first-order chi connectivity index (χ1) is 8.69. The monoisotopic (exact) mass is 245 g/mol. The van der Waals surface area contributed by atoms with Crippen LogP contribution < -0.4 is 10.6 Å². The van der Waals surface area contributed by atoms with Gasteiger partial charge in [-0.1, -0.05) is 6.07 Å². The Morgan fingerprint density at radius 2 is 2.28 bits per heavy atom. The first-order valence-electron chi connectivity index (χ1n) is 5.70. The first kappa shape index (κ1) is 12.1. The lowest BCUT2D eigenvalue weighted by Gasteiger charge is -2.05. The van der Waals surface area contributed by atoms with Gasteiger partial charge in [-0.2, -0.15) is 5.10 Å². The van der Waals surface area contributed by atoms with E-state index < -0.39 is 0 Å². The van der Waals surface area contributed by atoms with Crippen molar-refractivity contribution in [2.24, 2.45) is 7.05 Å². The molecule has 1 amide bonds. The highest BCUT2D eigenvalue weighted by Gasteiger charge is 2.09. The Bertz CT molecular complexity index is 549. The highest BCUT2D eigenvalue weighted by molar-refractivity contribution is 6.02. The van der Waals surface area contributed by atoms with Crippen molar-refractivity contribution in [1.29, 1.82) is 0 Å². The van der Waals surface area contributed by atoms with E-state index in [4.69, 9.17) is 0 Å². The van der Waals surface area contributed by atoms with E-state index in [9.17, 15) is 4.79 Å². The smallest absolute Gasteiger partial charge is 0.274 e. The average molecular weight is 245 g/mol. The summed E-state index contributed by atoms with van der Waals surface area (Å²) in [4.78, 5) is 16.2. The van der Waals surface area contributed by atoms with Crippen LogP contribution in [0.5, 0.6) is 0 Å². The number of carbonyl (C=O) groups is 1. The summed E-state index contributed by atoms with van der Waals surface area (Å²) in [5.74, 6) is 0.444. The Morgan fingerprint density at radius 3 is 2.94 bits per heavy atom. The molecule has 18 heavy (non-hydrogen) atoms. The number of hydrogen-bond acceptors (Lipinski definition) is 4. The molecule has 0 aliphatic heterocycles. The minimum absolute atomic E-state index is 0.247. The van der Waals surface area contributed by atoms with Gasteiger partial charge in [0.15, 0.2) is 0 Å². The molecule has 0 aliphatic rings. The van der Waals surface area contributed by atoms with Crippen molar-refractivity contribution in [3.63, 3.8) is 0 Å². The second-order valence-corrected chi connectivity index (χ2v) is 3.80. The number of amides is 1. The SMILES string of the molecule is CCNc1cccc(C(=O)Nc2cnn(C)c2)n1. The number of pyridine rings is 1. The Hall–Kier alpha value is -2.37. The van der Waals surface area contributed by atoms with E-state index in [1.807, 2.05) is 13.0 Å². The fourth-order valence-corrected chi connectivity index (χ4v) is 1.52. The number of rotatable bonds is 4. The number of nitrogens with one attached hydrogen (secondary N) is 2. The number of hydrogen-bond donors (Lipinski definition) is 2. The number of anilines is 2. The van der Waals surface area contributed by atoms with E-state index in [1.54, 1.807) is 36.3 Å². The molecule has 0 bridgehead atoms. The van der Waals surface area contributed by atoms with Crippen molar-refractivity contribution in [2.45, 2.75) is 6.92 Å². The molecular weight excluding hydrogens is 230 g/mol. The zero-order valence-corrected chi connectivity index (χ0v) is 10.3. The topological polar surface area (TPSA) is 71.8 Å². The molecule has 0 atom stereocenters. The summed E-state index contributed by atoms with van der Waals surface area (Å²) >= 11 is 0. The van der Waals surface area contributed by atoms with Gasteiger partial charge in [-0.15, -0.1) is 0 Å². The van der Waals surface area contributed by atoms with Gasteiger partial charge in [-0.3, -0.25) is 9.48 Å². The number of aryl methyl sites for hydroxylation is 1. The van der Waals surface area contributed by atoms with E-state index in [0.29, 0.717) is 17.2 Å². The Morgan fingerprint density at radius 1 is 1.44 bits per heavy atom.